The minimum absolute atomic E-state index is 0.00603. The van der Waals surface area contributed by atoms with Crippen molar-refractivity contribution in [3.63, 3.8) is 0 Å². The molecule has 0 aromatic carbocycles. The zero-order chi connectivity index (χ0) is 20.5. The average molecular weight is 388 g/mol. The van der Waals surface area contributed by atoms with E-state index in [2.05, 4.69) is 33.4 Å². The standard InChI is InChI=1S/C22H24N6O/c1-13-10-14(2)25-21-20(13)22-26-15(3)18(16(4)28(22)27-21)7-8-19(29)24-12-17-6-5-9-23-11-17/h5-6,9-11H,7-8,12H2,1-4H3,(H,24,29). The van der Waals surface area contributed by atoms with Gasteiger partial charge in [0.2, 0.25) is 5.91 Å². The van der Waals surface area contributed by atoms with Gasteiger partial charge in [0.15, 0.2) is 11.3 Å². The predicted molar refractivity (Wildman–Crippen MR) is 112 cm³/mol. The highest BCUT2D eigenvalue weighted by atomic mass is 16.1. The summed E-state index contributed by atoms with van der Waals surface area (Å²) in [7, 11) is 0. The van der Waals surface area contributed by atoms with Crippen molar-refractivity contribution < 1.29 is 4.79 Å². The monoisotopic (exact) mass is 388 g/mol. The first kappa shape index (κ1) is 19.0. The van der Waals surface area contributed by atoms with Crippen LogP contribution in [0.4, 0.5) is 0 Å². The van der Waals surface area contributed by atoms with Gasteiger partial charge in [-0.3, -0.25) is 9.78 Å². The summed E-state index contributed by atoms with van der Waals surface area (Å²) in [6.45, 7) is 8.53. The second kappa shape index (κ2) is 7.58. The maximum Gasteiger partial charge on any atom is 0.220 e. The summed E-state index contributed by atoms with van der Waals surface area (Å²) in [4.78, 5) is 25.7. The van der Waals surface area contributed by atoms with Gasteiger partial charge in [0.25, 0.3) is 0 Å². The number of nitrogens with one attached hydrogen (secondary N) is 1. The topological polar surface area (TPSA) is 85.1 Å². The van der Waals surface area contributed by atoms with Gasteiger partial charge in [0.1, 0.15) is 0 Å². The van der Waals surface area contributed by atoms with Crippen molar-refractivity contribution in [1.29, 1.82) is 0 Å². The lowest BCUT2D eigenvalue weighted by molar-refractivity contribution is -0.121. The first-order valence-electron chi connectivity index (χ1n) is 9.72. The second-order valence-corrected chi connectivity index (χ2v) is 7.41. The molecule has 0 aliphatic heterocycles. The molecule has 1 amide bonds. The maximum absolute atomic E-state index is 12.3. The third kappa shape index (κ3) is 3.68. The molecule has 0 atom stereocenters. The lowest BCUT2D eigenvalue weighted by atomic mass is 10.1. The molecule has 0 saturated heterocycles. The molecule has 4 aromatic heterocycles. The highest BCUT2D eigenvalue weighted by Gasteiger charge is 2.17. The summed E-state index contributed by atoms with van der Waals surface area (Å²) in [5, 5.41) is 8.61. The van der Waals surface area contributed by atoms with Crippen LogP contribution in [0.3, 0.4) is 0 Å². The Morgan fingerprint density at radius 2 is 2.00 bits per heavy atom. The molecule has 0 radical (unpaired) electrons. The van der Waals surface area contributed by atoms with Crippen molar-refractivity contribution in [3.8, 4) is 0 Å². The van der Waals surface area contributed by atoms with Gasteiger partial charge in [-0.05, 0) is 62.9 Å². The second-order valence-electron chi connectivity index (χ2n) is 7.41. The molecule has 4 rings (SSSR count). The SMILES string of the molecule is Cc1cc(C)c2c(n1)nn1c(C)c(CCC(=O)NCc3cccnc3)c(C)nc21. The Morgan fingerprint density at radius 3 is 2.76 bits per heavy atom. The van der Waals surface area contributed by atoms with Crippen LogP contribution in [0.15, 0.2) is 30.6 Å². The molecule has 0 spiro atoms. The number of nitrogens with zero attached hydrogens (tertiary/aromatic N) is 5. The lowest BCUT2D eigenvalue weighted by Gasteiger charge is -2.11. The number of aryl methyl sites for hydroxylation is 4. The molecule has 0 saturated carbocycles. The van der Waals surface area contributed by atoms with Crippen molar-refractivity contribution in [1.82, 2.24) is 29.9 Å². The number of rotatable bonds is 5. The molecule has 4 heterocycles. The Bertz CT molecular complexity index is 1210. The number of fused-ring (bicyclic) bond motifs is 3. The van der Waals surface area contributed by atoms with Crippen molar-refractivity contribution in [2.45, 2.75) is 47.1 Å². The van der Waals surface area contributed by atoms with E-state index < -0.39 is 0 Å². The van der Waals surface area contributed by atoms with E-state index >= 15 is 0 Å². The molecule has 29 heavy (non-hydrogen) atoms. The number of carbonyl (C=O) groups is 1. The van der Waals surface area contributed by atoms with Crippen molar-refractivity contribution in [3.05, 3.63) is 64.4 Å². The summed E-state index contributed by atoms with van der Waals surface area (Å²) >= 11 is 0. The van der Waals surface area contributed by atoms with Crippen LogP contribution < -0.4 is 5.32 Å². The van der Waals surface area contributed by atoms with Crippen LogP contribution in [-0.4, -0.2) is 30.5 Å². The molecule has 0 aliphatic carbocycles. The highest BCUT2D eigenvalue weighted by molar-refractivity contribution is 5.93. The fourth-order valence-electron chi connectivity index (χ4n) is 3.76. The summed E-state index contributed by atoms with van der Waals surface area (Å²) in [5.41, 5.74) is 7.57. The van der Waals surface area contributed by atoms with Gasteiger partial charge in [0.05, 0.1) is 5.39 Å². The quantitative estimate of drug-likeness (QED) is 0.568. The number of carbonyl (C=O) groups excluding carboxylic acids is 1. The van der Waals surface area contributed by atoms with E-state index in [-0.39, 0.29) is 5.91 Å². The van der Waals surface area contributed by atoms with Gasteiger partial charge in [-0.15, -0.1) is 5.10 Å². The number of pyridine rings is 2. The molecule has 1 N–H and O–H groups in total. The van der Waals surface area contributed by atoms with Crippen LogP contribution in [0.5, 0.6) is 0 Å². The van der Waals surface area contributed by atoms with Gasteiger partial charge in [0, 0.05) is 42.4 Å². The van der Waals surface area contributed by atoms with E-state index in [9.17, 15) is 4.79 Å². The fraction of sp³-hybridized carbons (Fsp3) is 0.318. The van der Waals surface area contributed by atoms with Crippen LogP contribution in [0, 0.1) is 27.7 Å². The Kier molecular flexibility index (Phi) is 4.96. The van der Waals surface area contributed by atoms with E-state index in [1.54, 1.807) is 12.4 Å². The Morgan fingerprint density at radius 1 is 1.17 bits per heavy atom. The zero-order valence-corrected chi connectivity index (χ0v) is 17.2. The van der Waals surface area contributed by atoms with Crippen LogP contribution in [-0.2, 0) is 17.8 Å². The number of aromatic nitrogens is 5. The molecular formula is C22H24N6O. The predicted octanol–water partition coefficient (Wildman–Crippen LogP) is 3.16. The molecule has 0 aliphatic rings. The van der Waals surface area contributed by atoms with Gasteiger partial charge in [-0.25, -0.2) is 14.5 Å². The van der Waals surface area contributed by atoms with E-state index in [1.807, 2.05) is 37.4 Å². The van der Waals surface area contributed by atoms with E-state index in [4.69, 9.17) is 4.98 Å². The largest absolute Gasteiger partial charge is 0.352 e. The summed E-state index contributed by atoms with van der Waals surface area (Å²) < 4.78 is 1.86. The number of amides is 1. The highest BCUT2D eigenvalue weighted by Crippen LogP contribution is 2.25. The zero-order valence-electron chi connectivity index (χ0n) is 17.2. The van der Waals surface area contributed by atoms with Gasteiger partial charge in [-0.2, -0.15) is 0 Å². The Balaban J connectivity index is 1.57. The van der Waals surface area contributed by atoms with Crippen LogP contribution in [0.1, 0.15) is 40.2 Å². The smallest absolute Gasteiger partial charge is 0.220 e. The molecule has 0 fully saturated rings. The van der Waals surface area contributed by atoms with Gasteiger partial charge in [-0.1, -0.05) is 6.07 Å². The van der Waals surface area contributed by atoms with Crippen molar-refractivity contribution in [2.24, 2.45) is 0 Å². The first-order chi connectivity index (χ1) is 13.9. The molecule has 0 bridgehead atoms. The minimum atomic E-state index is 0.00603. The van der Waals surface area contributed by atoms with E-state index in [1.165, 1.54) is 0 Å². The molecule has 4 aromatic rings. The first-order valence-corrected chi connectivity index (χ1v) is 9.72. The minimum Gasteiger partial charge on any atom is -0.352 e. The number of hydrogen-bond acceptors (Lipinski definition) is 5. The van der Waals surface area contributed by atoms with Gasteiger partial charge < -0.3 is 5.32 Å². The van der Waals surface area contributed by atoms with Crippen LogP contribution in [0.25, 0.3) is 16.7 Å². The van der Waals surface area contributed by atoms with Crippen LogP contribution in [0.2, 0.25) is 0 Å². The Hall–Kier alpha value is -3.35. The third-order valence-electron chi connectivity index (χ3n) is 5.22. The molecular weight excluding hydrogens is 364 g/mol. The van der Waals surface area contributed by atoms with Gasteiger partial charge >= 0.3 is 0 Å². The summed E-state index contributed by atoms with van der Waals surface area (Å²) in [6, 6.07) is 5.86. The van der Waals surface area contributed by atoms with Crippen LogP contribution >= 0.6 is 0 Å². The number of hydrogen-bond donors (Lipinski definition) is 1. The summed E-state index contributed by atoms with van der Waals surface area (Å²) in [6.07, 6.45) is 4.48. The molecule has 7 nitrogen and oxygen atoms in total. The Labute approximate surface area is 169 Å². The van der Waals surface area contributed by atoms with E-state index in [0.717, 1.165) is 44.8 Å². The lowest BCUT2D eigenvalue weighted by Crippen LogP contribution is -2.23. The molecule has 7 heteroatoms. The normalized spacial score (nSPS) is 11.3. The summed E-state index contributed by atoms with van der Waals surface area (Å²) in [5.74, 6) is 0.00603. The average Bonchev–Trinajstić information content (AvgIpc) is 3.05. The van der Waals surface area contributed by atoms with E-state index in [0.29, 0.717) is 25.0 Å². The molecule has 148 valence electrons. The van der Waals surface area contributed by atoms with Crippen molar-refractivity contribution in [2.75, 3.05) is 0 Å². The fourth-order valence-corrected chi connectivity index (χ4v) is 3.76. The van der Waals surface area contributed by atoms with Crippen molar-refractivity contribution >= 4 is 22.6 Å². The molecule has 0 unspecified atom stereocenters. The maximum atomic E-state index is 12.3. The third-order valence-corrected chi connectivity index (χ3v) is 5.22.